The minimum atomic E-state index is -1.03. The molecule has 16 heteroatoms. The van der Waals surface area contributed by atoms with Crippen molar-refractivity contribution in [1.29, 1.82) is 0 Å². The van der Waals surface area contributed by atoms with Crippen molar-refractivity contribution in [2.45, 2.75) is 90.3 Å². The third-order valence-electron chi connectivity index (χ3n) is 14.2. The molecule has 4 aromatic carbocycles. The number of methoxy groups -OCH3 is 2. The lowest BCUT2D eigenvalue weighted by Gasteiger charge is -2.39. The molecule has 0 radical (unpaired) electrons. The van der Waals surface area contributed by atoms with Crippen LogP contribution in [0, 0.1) is 11.8 Å². The number of aromatic carboxylic acids is 1. The smallest absolute Gasteiger partial charge is 0.354 e. The molecule has 8 rings (SSSR count). The Hall–Kier alpha value is -6.59. The summed E-state index contributed by atoms with van der Waals surface area (Å²) >= 11 is 0. The Morgan fingerprint density at radius 3 is 1.38 bits per heavy atom. The Morgan fingerprint density at radius 1 is 0.564 bits per heavy atom. The molecule has 420 valence electrons. The SMILES string of the molecule is CCc1ccc(COc2ccc(C3CN(C(=O)c4cc(CCCC(CO)CO)ccn4)C3)cc2OC)cc1.CCc1ccc(COc2ccc(C3CNC3)cc2OC)cc1.Cl.O=C(O)c1cc(CCCC(CO)CO)ccn1. The fourth-order valence-electron chi connectivity index (χ4n) is 8.88. The first-order chi connectivity index (χ1) is 37.5. The summed E-state index contributed by atoms with van der Waals surface area (Å²) in [6, 6.07) is 36.4. The number of likely N-dealkylation sites (tertiary alicyclic amines) is 1. The second kappa shape index (κ2) is 33.0. The van der Waals surface area contributed by atoms with Crippen molar-refractivity contribution in [2.24, 2.45) is 11.8 Å². The highest BCUT2D eigenvalue weighted by atomic mass is 35.5. The summed E-state index contributed by atoms with van der Waals surface area (Å²) in [4.78, 5) is 33.6. The number of ether oxygens (including phenoxy) is 4. The lowest BCUT2D eigenvalue weighted by molar-refractivity contribution is 0.0595. The van der Waals surface area contributed by atoms with Crippen molar-refractivity contribution < 1.29 is 54.1 Å². The molecular formula is C62H79ClN4O11. The lowest BCUT2D eigenvalue weighted by atomic mass is 9.90. The van der Waals surface area contributed by atoms with Crippen LogP contribution in [0.15, 0.2) is 122 Å². The van der Waals surface area contributed by atoms with Crippen molar-refractivity contribution in [3.8, 4) is 23.0 Å². The van der Waals surface area contributed by atoms with Crippen LogP contribution in [0.5, 0.6) is 23.0 Å². The lowest BCUT2D eigenvalue weighted by Crippen LogP contribution is -2.48. The van der Waals surface area contributed by atoms with Crippen molar-refractivity contribution >= 4 is 24.3 Å². The summed E-state index contributed by atoms with van der Waals surface area (Å²) in [5.74, 6) is 2.58. The highest BCUT2D eigenvalue weighted by Crippen LogP contribution is 2.36. The molecule has 0 bridgehead atoms. The van der Waals surface area contributed by atoms with Gasteiger partial charge in [0.1, 0.15) is 24.6 Å². The number of aryl methyl sites for hydroxylation is 4. The first-order valence-corrected chi connectivity index (χ1v) is 26.8. The van der Waals surface area contributed by atoms with E-state index in [0.717, 1.165) is 98.2 Å². The van der Waals surface area contributed by atoms with E-state index >= 15 is 0 Å². The van der Waals surface area contributed by atoms with Crippen molar-refractivity contribution in [3.63, 3.8) is 0 Å². The normalized spacial score (nSPS) is 13.0. The van der Waals surface area contributed by atoms with Crippen LogP contribution < -0.4 is 24.3 Å². The highest BCUT2D eigenvalue weighted by Gasteiger charge is 2.33. The van der Waals surface area contributed by atoms with Gasteiger partial charge in [-0.3, -0.25) is 9.78 Å². The number of amides is 1. The summed E-state index contributed by atoms with van der Waals surface area (Å²) < 4.78 is 23.1. The maximum atomic E-state index is 13.0. The molecule has 2 aliphatic rings. The van der Waals surface area contributed by atoms with Crippen molar-refractivity contribution in [2.75, 3.05) is 66.8 Å². The number of nitrogens with one attached hydrogen (secondary N) is 1. The second-order valence-electron chi connectivity index (χ2n) is 19.7. The van der Waals surface area contributed by atoms with Gasteiger partial charge in [0.25, 0.3) is 5.91 Å². The van der Waals surface area contributed by atoms with Gasteiger partial charge in [-0.1, -0.05) is 74.5 Å². The molecule has 2 aliphatic heterocycles. The average molecular weight is 1090 g/mol. The van der Waals surface area contributed by atoms with Crippen LogP contribution in [-0.4, -0.2) is 119 Å². The van der Waals surface area contributed by atoms with Crippen LogP contribution in [0.4, 0.5) is 0 Å². The van der Waals surface area contributed by atoms with Crippen LogP contribution >= 0.6 is 12.4 Å². The van der Waals surface area contributed by atoms with E-state index in [1.807, 2.05) is 35.2 Å². The van der Waals surface area contributed by atoms with Gasteiger partial charge in [-0.15, -0.1) is 12.4 Å². The van der Waals surface area contributed by atoms with Crippen LogP contribution in [0.25, 0.3) is 0 Å². The maximum absolute atomic E-state index is 13.0. The molecule has 1 amide bonds. The van der Waals surface area contributed by atoms with Gasteiger partial charge in [-0.2, -0.15) is 0 Å². The zero-order valence-electron chi connectivity index (χ0n) is 45.5. The molecule has 2 aromatic heterocycles. The number of carbonyl (C=O) groups is 2. The number of carbonyl (C=O) groups excluding carboxylic acids is 1. The Kier molecular flexibility index (Phi) is 26.3. The molecule has 0 spiro atoms. The Balaban J connectivity index is 0.000000237. The number of aliphatic hydroxyl groups excluding tert-OH is 4. The zero-order valence-corrected chi connectivity index (χ0v) is 46.3. The molecule has 2 fully saturated rings. The van der Waals surface area contributed by atoms with Gasteiger partial charge in [-0.05, 0) is 144 Å². The van der Waals surface area contributed by atoms with Crippen LogP contribution in [0.1, 0.15) is 117 Å². The molecule has 0 unspecified atom stereocenters. The number of benzene rings is 4. The third kappa shape index (κ3) is 18.8. The van der Waals surface area contributed by atoms with Crippen LogP contribution in [-0.2, 0) is 38.9 Å². The summed E-state index contributed by atoms with van der Waals surface area (Å²) in [5, 5.41) is 48.3. The number of aliphatic hydroxyl groups is 4. The minimum absolute atomic E-state index is 0. The molecule has 2 saturated heterocycles. The molecule has 4 heterocycles. The molecule has 6 aromatic rings. The van der Waals surface area contributed by atoms with E-state index in [-0.39, 0.29) is 68.2 Å². The number of rotatable bonds is 26. The monoisotopic (exact) mass is 1090 g/mol. The molecule has 78 heavy (non-hydrogen) atoms. The minimum Gasteiger partial charge on any atom is -0.493 e. The van der Waals surface area contributed by atoms with E-state index in [0.29, 0.717) is 49.4 Å². The number of aromatic nitrogens is 2. The van der Waals surface area contributed by atoms with Gasteiger partial charge in [0, 0.05) is 88.7 Å². The average Bonchev–Trinajstić information content (AvgIpc) is 3.44. The van der Waals surface area contributed by atoms with Crippen molar-refractivity contribution in [1.82, 2.24) is 20.2 Å². The predicted octanol–water partition coefficient (Wildman–Crippen LogP) is 9.04. The fraction of sp³-hybridized carbons (Fsp3) is 0.419. The molecule has 0 saturated carbocycles. The zero-order chi connectivity index (χ0) is 54.9. The van der Waals surface area contributed by atoms with Gasteiger partial charge < -0.3 is 54.7 Å². The summed E-state index contributed by atoms with van der Waals surface area (Å²) in [6.07, 6.45) is 9.83. The number of pyridine rings is 2. The Bertz CT molecular complexity index is 2730. The third-order valence-corrected chi connectivity index (χ3v) is 14.2. The molecule has 15 nitrogen and oxygen atoms in total. The van der Waals surface area contributed by atoms with Crippen LogP contribution in [0.3, 0.4) is 0 Å². The number of nitrogens with zero attached hydrogens (tertiary/aromatic N) is 3. The number of carboxylic acid groups (broad SMARTS) is 1. The van der Waals surface area contributed by atoms with E-state index in [4.69, 9.17) is 34.3 Å². The highest BCUT2D eigenvalue weighted by molar-refractivity contribution is 5.93. The van der Waals surface area contributed by atoms with E-state index in [1.54, 1.807) is 32.5 Å². The topological polar surface area (TPSA) is 213 Å². The first-order valence-electron chi connectivity index (χ1n) is 26.8. The van der Waals surface area contributed by atoms with Gasteiger partial charge in [0.15, 0.2) is 23.0 Å². The number of hydrogen-bond donors (Lipinski definition) is 6. The number of halogens is 1. The van der Waals surface area contributed by atoms with E-state index in [1.165, 1.54) is 28.5 Å². The molecular weight excluding hydrogens is 1010 g/mol. The Morgan fingerprint density at radius 2 is 0.987 bits per heavy atom. The summed E-state index contributed by atoms with van der Waals surface area (Å²) in [5.41, 5.74) is 9.82. The summed E-state index contributed by atoms with van der Waals surface area (Å²) in [7, 11) is 3.34. The number of hydrogen-bond acceptors (Lipinski definition) is 13. The van der Waals surface area contributed by atoms with Gasteiger partial charge in [0.05, 0.1) is 14.2 Å². The first kappa shape index (κ1) is 62.3. The van der Waals surface area contributed by atoms with Gasteiger partial charge in [-0.25, -0.2) is 9.78 Å². The predicted molar refractivity (Wildman–Crippen MR) is 304 cm³/mol. The standard InChI is InChI=1S/C31H38N2O5.C19H23NO2.C12H17NO4.ClH/c1-3-22-7-9-24(10-8-22)21-38-29-12-11-26(16-30(29)37-2)27-17-33(18-27)31(36)28-15-23(13-14-32-28)5-4-6-25(19-34)20-35;1-3-14-4-6-15(7-5-14)13-22-18-9-8-16(10-19(18)21-2)17-11-20-12-17;14-7-10(8-15)3-1-2-9-4-5-13-11(6-9)12(16)17;/h7-16,25,27,34-35H,3-6,17-21H2,1-2H3;4-10,17,20H,3,11-13H2,1-2H3;4-6,10,14-15H,1-3,7-8H2,(H,16,17);1H. The van der Waals surface area contributed by atoms with Crippen molar-refractivity contribution in [3.05, 3.63) is 177 Å². The summed E-state index contributed by atoms with van der Waals surface area (Å²) in [6.45, 7) is 8.63. The molecule has 0 aliphatic carbocycles. The molecule has 6 N–H and O–H groups in total. The molecule has 0 atom stereocenters. The largest absolute Gasteiger partial charge is 0.493 e. The van der Waals surface area contributed by atoms with E-state index in [9.17, 15) is 19.8 Å². The Labute approximate surface area is 466 Å². The quantitative estimate of drug-likeness (QED) is 0.0299. The fourth-order valence-corrected chi connectivity index (χ4v) is 8.88. The second-order valence-corrected chi connectivity index (χ2v) is 19.7. The number of carboxylic acids is 1. The van der Waals surface area contributed by atoms with E-state index < -0.39 is 5.97 Å². The van der Waals surface area contributed by atoms with Crippen LogP contribution in [0.2, 0.25) is 0 Å². The maximum Gasteiger partial charge on any atom is 0.354 e. The van der Waals surface area contributed by atoms with Gasteiger partial charge in [0.2, 0.25) is 0 Å². The van der Waals surface area contributed by atoms with Gasteiger partial charge >= 0.3 is 5.97 Å². The van der Waals surface area contributed by atoms with E-state index in [2.05, 4.69) is 95.9 Å².